The zero-order valence-electron chi connectivity index (χ0n) is 8.69. The van der Waals surface area contributed by atoms with Gasteiger partial charge in [-0.15, -0.1) is 13.2 Å². The number of phenols is 1. The monoisotopic (exact) mass is 204 g/mol. The Bertz CT molecular complexity index is 345. The molecule has 0 radical (unpaired) electrons. The summed E-state index contributed by atoms with van der Waals surface area (Å²) < 4.78 is 0. The van der Waals surface area contributed by atoms with Crippen LogP contribution in [0.5, 0.6) is 5.75 Å². The average molecular weight is 204 g/mol. The maximum absolute atomic E-state index is 10.4. The summed E-state index contributed by atoms with van der Waals surface area (Å²) in [4.78, 5) is 0. The molecule has 0 aliphatic heterocycles. The number of aromatic hydroxyl groups is 1. The number of benzene rings is 1. The number of hydrogen-bond acceptors (Lipinski definition) is 2. The van der Waals surface area contributed by atoms with E-state index >= 15 is 0 Å². The summed E-state index contributed by atoms with van der Waals surface area (Å²) >= 11 is 0. The lowest BCUT2D eigenvalue weighted by Crippen LogP contribution is -2.23. The molecular formula is C13H16O2. The van der Waals surface area contributed by atoms with Gasteiger partial charge in [-0.05, 0) is 30.5 Å². The molecule has 0 saturated carbocycles. The molecule has 0 aliphatic carbocycles. The van der Waals surface area contributed by atoms with Crippen molar-refractivity contribution in [1.29, 1.82) is 0 Å². The Kier molecular flexibility index (Phi) is 3.69. The molecule has 0 aromatic heterocycles. The van der Waals surface area contributed by atoms with Gasteiger partial charge in [0.1, 0.15) is 5.75 Å². The SMILES string of the molecule is C=CCC(O)(CC=C)c1cccc(O)c1. The number of rotatable bonds is 5. The molecule has 0 fully saturated rings. The topological polar surface area (TPSA) is 40.5 Å². The number of aliphatic hydroxyl groups is 1. The molecular weight excluding hydrogens is 188 g/mol. The Hall–Kier alpha value is -1.54. The number of hydrogen-bond donors (Lipinski definition) is 2. The Morgan fingerprint density at radius 1 is 1.20 bits per heavy atom. The highest BCUT2D eigenvalue weighted by Crippen LogP contribution is 2.31. The molecule has 15 heavy (non-hydrogen) atoms. The molecule has 1 rings (SSSR count). The molecule has 80 valence electrons. The van der Waals surface area contributed by atoms with Crippen molar-refractivity contribution in [2.24, 2.45) is 0 Å². The van der Waals surface area contributed by atoms with E-state index < -0.39 is 5.60 Å². The van der Waals surface area contributed by atoms with Crippen LogP contribution in [0.4, 0.5) is 0 Å². The first-order valence-corrected chi connectivity index (χ1v) is 4.86. The van der Waals surface area contributed by atoms with E-state index in [1.165, 1.54) is 0 Å². The van der Waals surface area contributed by atoms with Gasteiger partial charge in [-0.2, -0.15) is 0 Å². The van der Waals surface area contributed by atoms with Crippen LogP contribution in [-0.4, -0.2) is 10.2 Å². The van der Waals surface area contributed by atoms with Crippen molar-refractivity contribution in [3.8, 4) is 5.75 Å². The smallest absolute Gasteiger partial charge is 0.115 e. The molecule has 2 nitrogen and oxygen atoms in total. The lowest BCUT2D eigenvalue weighted by atomic mass is 9.87. The summed E-state index contributed by atoms with van der Waals surface area (Å²) in [6, 6.07) is 6.63. The quantitative estimate of drug-likeness (QED) is 0.724. The summed E-state index contributed by atoms with van der Waals surface area (Å²) in [7, 11) is 0. The van der Waals surface area contributed by atoms with Crippen LogP contribution in [0.3, 0.4) is 0 Å². The van der Waals surface area contributed by atoms with E-state index in [0.717, 1.165) is 0 Å². The molecule has 0 atom stereocenters. The zero-order chi connectivity index (χ0) is 11.3. The molecule has 2 heteroatoms. The van der Waals surface area contributed by atoms with Crippen LogP contribution in [0.15, 0.2) is 49.6 Å². The molecule has 0 aliphatic rings. The van der Waals surface area contributed by atoms with E-state index in [9.17, 15) is 10.2 Å². The van der Waals surface area contributed by atoms with Gasteiger partial charge in [-0.3, -0.25) is 0 Å². The average Bonchev–Trinajstić information content (AvgIpc) is 2.18. The van der Waals surface area contributed by atoms with Gasteiger partial charge < -0.3 is 10.2 Å². The second-order valence-electron chi connectivity index (χ2n) is 3.57. The minimum Gasteiger partial charge on any atom is -0.508 e. The van der Waals surface area contributed by atoms with Crippen molar-refractivity contribution in [2.75, 3.05) is 0 Å². The van der Waals surface area contributed by atoms with Crippen LogP contribution in [0, 0.1) is 0 Å². The predicted octanol–water partition coefficient (Wildman–Crippen LogP) is 2.73. The lowest BCUT2D eigenvalue weighted by molar-refractivity contribution is 0.0428. The highest BCUT2D eigenvalue weighted by molar-refractivity contribution is 5.32. The summed E-state index contributed by atoms with van der Waals surface area (Å²) in [6.45, 7) is 7.24. The molecule has 0 bridgehead atoms. The molecule has 1 aromatic rings. The molecule has 1 aromatic carbocycles. The Morgan fingerprint density at radius 2 is 1.80 bits per heavy atom. The Morgan fingerprint density at radius 3 is 2.27 bits per heavy atom. The molecule has 0 unspecified atom stereocenters. The van der Waals surface area contributed by atoms with Crippen molar-refractivity contribution in [3.63, 3.8) is 0 Å². The summed E-state index contributed by atoms with van der Waals surface area (Å²) in [6.07, 6.45) is 4.19. The summed E-state index contributed by atoms with van der Waals surface area (Å²) in [5.41, 5.74) is -0.329. The van der Waals surface area contributed by atoms with Gasteiger partial charge in [-0.1, -0.05) is 24.3 Å². The minimum atomic E-state index is -1.01. The predicted molar refractivity (Wildman–Crippen MR) is 61.6 cm³/mol. The van der Waals surface area contributed by atoms with Gasteiger partial charge in [0.2, 0.25) is 0 Å². The molecule has 0 heterocycles. The van der Waals surface area contributed by atoms with Crippen molar-refractivity contribution < 1.29 is 10.2 Å². The highest BCUT2D eigenvalue weighted by Gasteiger charge is 2.26. The van der Waals surface area contributed by atoms with Crippen LogP contribution in [0.2, 0.25) is 0 Å². The van der Waals surface area contributed by atoms with E-state index in [1.54, 1.807) is 36.4 Å². The first-order valence-electron chi connectivity index (χ1n) is 4.86. The van der Waals surface area contributed by atoms with Crippen molar-refractivity contribution >= 4 is 0 Å². The first kappa shape index (κ1) is 11.5. The fraction of sp³-hybridized carbons (Fsp3) is 0.231. The van der Waals surface area contributed by atoms with Crippen molar-refractivity contribution in [2.45, 2.75) is 18.4 Å². The first-order chi connectivity index (χ1) is 7.12. The maximum Gasteiger partial charge on any atom is 0.115 e. The van der Waals surface area contributed by atoms with Gasteiger partial charge in [0.25, 0.3) is 0 Å². The van der Waals surface area contributed by atoms with Gasteiger partial charge in [0.15, 0.2) is 0 Å². The maximum atomic E-state index is 10.4. The van der Waals surface area contributed by atoms with E-state index in [2.05, 4.69) is 13.2 Å². The third kappa shape index (κ3) is 2.70. The van der Waals surface area contributed by atoms with Crippen LogP contribution in [-0.2, 0) is 5.60 Å². The van der Waals surface area contributed by atoms with E-state index in [1.807, 2.05) is 0 Å². The van der Waals surface area contributed by atoms with Gasteiger partial charge in [0.05, 0.1) is 5.60 Å². The van der Waals surface area contributed by atoms with Gasteiger partial charge in [0, 0.05) is 0 Å². The van der Waals surface area contributed by atoms with Gasteiger partial charge in [-0.25, -0.2) is 0 Å². The summed E-state index contributed by atoms with van der Waals surface area (Å²) in [5.74, 6) is 0.152. The molecule has 2 N–H and O–H groups in total. The van der Waals surface area contributed by atoms with E-state index in [4.69, 9.17) is 0 Å². The van der Waals surface area contributed by atoms with Gasteiger partial charge >= 0.3 is 0 Å². The largest absolute Gasteiger partial charge is 0.508 e. The second kappa shape index (κ2) is 4.80. The molecule has 0 spiro atoms. The third-order valence-electron chi connectivity index (χ3n) is 2.35. The third-order valence-corrected chi connectivity index (χ3v) is 2.35. The number of phenolic OH excluding ortho intramolecular Hbond substituents is 1. The molecule has 0 saturated heterocycles. The zero-order valence-corrected chi connectivity index (χ0v) is 8.69. The Balaban J connectivity index is 3.07. The normalized spacial score (nSPS) is 11.0. The minimum absolute atomic E-state index is 0.152. The standard InChI is InChI=1S/C13H16O2/c1-3-8-13(15,9-4-2)11-6-5-7-12(14)10-11/h3-7,10,14-15H,1-2,8-9H2. The fourth-order valence-corrected chi connectivity index (χ4v) is 1.59. The fourth-order valence-electron chi connectivity index (χ4n) is 1.59. The van der Waals surface area contributed by atoms with E-state index in [0.29, 0.717) is 18.4 Å². The van der Waals surface area contributed by atoms with Crippen LogP contribution >= 0.6 is 0 Å². The van der Waals surface area contributed by atoms with Crippen LogP contribution < -0.4 is 0 Å². The van der Waals surface area contributed by atoms with Crippen LogP contribution in [0.25, 0.3) is 0 Å². The molecule has 0 amide bonds. The second-order valence-corrected chi connectivity index (χ2v) is 3.57. The van der Waals surface area contributed by atoms with Crippen LogP contribution in [0.1, 0.15) is 18.4 Å². The van der Waals surface area contributed by atoms with Crippen molar-refractivity contribution in [3.05, 3.63) is 55.1 Å². The Labute approximate surface area is 90.2 Å². The van der Waals surface area contributed by atoms with E-state index in [-0.39, 0.29) is 5.75 Å². The highest BCUT2D eigenvalue weighted by atomic mass is 16.3. The van der Waals surface area contributed by atoms with Crippen molar-refractivity contribution in [1.82, 2.24) is 0 Å². The summed E-state index contributed by atoms with van der Waals surface area (Å²) in [5, 5.41) is 19.7. The lowest BCUT2D eigenvalue weighted by Gasteiger charge is -2.26.